The summed E-state index contributed by atoms with van der Waals surface area (Å²) >= 11 is 0. The van der Waals surface area contributed by atoms with Crippen molar-refractivity contribution in [3.05, 3.63) is 33.7 Å². The number of hydrogen-bond donors (Lipinski definition) is 1. The Morgan fingerprint density at radius 1 is 1.36 bits per heavy atom. The van der Waals surface area contributed by atoms with E-state index in [9.17, 15) is 9.59 Å². The first-order chi connectivity index (χ1) is 10.6. The fraction of sp³-hybridized carbons (Fsp3) is 0.647. The van der Waals surface area contributed by atoms with Crippen LogP contribution in [0.4, 0.5) is 0 Å². The molecule has 2 heterocycles. The zero-order chi connectivity index (χ0) is 15.7. The number of ether oxygens (including phenoxy) is 1. The molecule has 1 aliphatic heterocycles. The van der Waals surface area contributed by atoms with E-state index in [1.165, 1.54) is 0 Å². The number of carbonyl (C=O) groups excluding carboxylic acids is 1. The number of likely N-dealkylation sites (tertiary alicyclic amines) is 1. The molecule has 1 spiro atoms. The molecule has 0 unspecified atom stereocenters. The minimum Gasteiger partial charge on any atom is -0.381 e. The Kier molecular flexibility index (Phi) is 4.08. The van der Waals surface area contributed by atoms with E-state index in [1.807, 2.05) is 11.8 Å². The van der Waals surface area contributed by atoms with Gasteiger partial charge in [0.2, 0.25) is 0 Å². The Morgan fingerprint density at radius 3 is 2.86 bits per heavy atom. The molecule has 1 N–H and O–H groups in total. The standard InChI is InChI=1S/C17H24N2O3/c1-12-6-7-13(15(20)18-12)16(21)19-10-4-9-17(11-19)8-3-5-14(17)22-2/h6-7,14H,3-5,8-11H2,1-2H3,(H,18,20)/t14-,17-/m1/s1. The smallest absolute Gasteiger partial charge is 0.260 e. The number of methoxy groups -OCH3 is 1. The summed E-state index contributed by atoms with van der Waals surface area (Å²) in [6.45, 7) is 3.25. The molecule has 22 heavy (non-hydrogen) atoms. The summed E-state index contributed by atoms with van der Waals surface area (Å²) < 4.78 is 5.67. The zero-order valence-corrected chi connectivity index (χ0v) is 13.4. The molecule has 0 radical (unpaired) electrons. The summed E-state index contributed by atoms with van der Waals surface area (Å²) in [5, 5.41) is 0. The summed E-state index contributed by atoms with van der Waals surface area (Å²) in [7, 11) is 1.77. The van der Waals surface area contributed by atoms with Crippen LogP contribution in [0.5, 0.6) is 0 Å². The van der Waals surface area contributed by atoms with Crippen LogP contribution in [0.1, 0.15) is 48.2 Å². The van der Waals surface area contributed by atoms with E-state index in [4.69, 9.17) is 4.74 Å². The number of amides is 1. The second-order valence-electron chi connectivity index (χ2n) is 6.69. The normalized spacial score (nSPS) is 28.3. The van der Waals surface area contributed by atoms with E-state index in [2.05, 4.69) is 4.98 Å². The minimum atomic E-state index is -0.292. The first-order valence-electron chi connectivity index (χ1n) is 8.08. The Hall–Kier alpha value is -1.62. The number of nitrogens with zero attached hydrogens (tertiary/aromatic N) is 1. The summed E-state index contributed by atoms with van der Waals surface area (Å²) in [4.78, 5) is 29.3. The first kappa shape index (κ1) is 15.3. The average molecular weight is 304 g/mol. The van der Waals surface area contributed by atoms with Crippen molar-refractivity contribution in [2.75, 3.05) is 20.2 Å². The third-order valence-corrected chi connectivity index (χ3v) is 5.29. The van der Waals surface area contributed by atoms with Gasteiger partial charge in [0, 0.05) is 31.3 Å². The molecule has 2 fully saturated rings. The predicted octanol–water partition coefficient (Wildman–Crippen LogP) is 2.10. The van der Waals surface area contributed by atoms with Gasteiger partial charge in [0.05, 0.1) is 6.10 Å². The number of aryl methyl sites for hydroxylation is 1. The molecule has 1 aromatic rings. The van der Waals surface area contributed by atoms with E-state index in [0.717, 1.165) is 44.3 Å². The second kappa shape index (κ2) is 5.88. The van der Waals surface area contributed by atoms with Crippen LogP contribution >= 0.6 is 0 Å². The monoisotopic (exact) mass is 304 g/mol. The Labute approximate surface area is 130 Å². The number of pyridine rings is 1. The van der Waals surface area contributed by atoms with Gasteiger partial charge < -0.3 is 14.6 Å². The number of piperidine rings is 1. The highest BCUT2D eigenvalue weighted by Crippen LogP contribution is 2.46. The SMILES string of the molecule is CO[C@@H]1CCC[C@]12CCCN(C(=O)c1ccc(C)[nH]c1=O)C2. The van der Waals surface area contributed by atoms with Crippen molar-refractivity contribution < 1.29 is 9.53 Å². The van der Waals surface area contributed by atoms with Crippen LogP contribution in [0.15, 0.2) is 16.9 Å². The van der Waals surface area contributed by atoms with E-state index in [-0.39, 0.29) is 28.5 Å². The molecular weight excluding hydrogens is 280 g/mol. The molecular formula is C17H24N2O3. The Morgan fingerprint density at radius 2 is 2.14 bits per heavy atom. The summed E-state index contributed by atoms with van der Waals surface area (Å²) in [6, 6.07) is 3.42. The number of aromatic amines is 1. The molecule has 0 bridgehead atoms. The van der Waals surface area contributed by atoms with Crippen LogP contribution in [-0.4, -0.2) is 42.1 Å². The third-order valence-electron chi connectivity index (χ3n) is 5.29. The van der Waals surface area contributed by atoms with Crippen molar-refractivity contribution in [2.45, 2.75) is 45.1 Å². The molecule has 1 aliphatic carbocycles. The minimum absolute atomic E-state index is 0.0835. The lowest BCUT2D eigenvalue weighted by Gasteiger charge is -2.43. The number of rotatable bonds is 2. The van der Waals surface area contributed by atoms with Crippen molar-refractivity contribution in [2.24, 2.45) is 5.41 Å². The number of H-pyrrole nitrogens is 1. The van der Waals surface area contributed by atoms with Crippen molar-refractivity contribution in [1.29, 1.82) is 0 Å². The first-order valence-corrected chi connectivity index (χ1v) is 8.08. The Bertz CT molecular complexity index is 625. The maximum Gasteiger partial charge on any atom is 0.260 e. The molecule has 5 nitrogen and oxygen atoms in total. The van der Waals surface area contributed by atoms with Gasteiger partial charge in [0.25, 0.3) is 11.5 Å². The summed E-state index contributed by atoms with van der Waals surface area (Å²) in [5.41, 5.74) is 0.806. The maximum absolute atomic E-state index is 12.7. The zero-order valence-electron chi connectivity index (χ0n) is 13.4. The number of hydrogen-bond acceptors (Lipinski definition) is 3. The highest BCUT2D eigenvalue weighted by atomic mass is 16.5. The van der Waals surface area contributed by atoms with Crippen LogP contribution in [0.25, 0.3) is 0 Å². The van der Waals surface area contributed by atoms with Crippen LogP contribution in [0, 0.1) is 12.3 Å². The largest absolute Gasteiger partial charge is 0.381 e. The Balaban J connectivity index is 1.82. The number of carbonyl (C=O) groups is 1. The fourth-order valence-electron chi connectivity index (χ4n) is 4.19. The molecule has 2 aliphatic rings. The molecule has 1 aromatic heterocycles. The van der Waals surface area contributed by atoms with Gasteiger partial charge >= 0.3 is 0 Å². The van der Waals surface area contributed by atoms with Gasteiger partial charge in [-0.05, 0) is 44.7 Å². The predicted molar refractivity (Wildman–Crippen MR) is 84.0 cm³/mol. The quantitative estimate of drug-likeness (QED) is 0.910. The van der Waals surface area contributed by atoms with E-state index < -0.39 is 0 Å². The average Bonchev–Trinajstić information content (AvgIpc) is 2.88. The lowest BCUT2D eigenvalue weighted by Crippen LogP contribution is -2.50. The van der Waals surface area contributed by atoms with Gasteiger partial charge in [-0.25, -0.2) is 0 Å². The molecule has 3 rings (SSSR count). The summed E-state index contributed by atoms with van der Waals surface area (Å²) in [6.07, 6.45) is 5.67. The van der Waals surface area contributed by atoms with Crippen LogP contribution in [0.2, 0.25) is 0 Å². The van der Waals surface area contributed by atoms with Crippen LogP contribution in [-0.2, 0) is 4.74 Å². The van der Waals surface area contributed by atoms with E-state index in [0.29, 0.717) is 6.54 Å². The molecule has 5 heteroatoms. The highest BCUT2D eigenvalue weighted by Gasteiger charge is 2.46. The van der Waals surface area contributed by atoms with Crippen molar-refractivity contribution in [1.82, 2.24) is 9.88 Å². The maximum atomic E-state index is 12.7. The topological polar surface area (TPSA) is 62.4 Å². The fourth-order valence-corrected chi connectivity index (χ4v) is 4.19. The molecule has 1 saturated heterocycles. The van der Waals surface area contributed by atoms with Crippen LogP contribution < -0.4 is 5.56 Å². The molecule has 2 atom stereocenters. The third kappa shape index (κ3) is 2.58. The van der Waals surface area contributed by atoms with Gasteiger partial charge in [0.1, 0.15) is 5.56 Å². The molecule has 0 aromatic carbocycles. The second-order valence-corrected chi connectivity index (χ2v) is 6.69. The van der Waals surface area contributed by atoms with Gasteiger partial charge in [-0.3, -0.25) is 9.59 Å². The molecule has 120 valence electrons. The molecule has 1 amide bonds. The van der Waals surface area contributed by atoms with Crippen molar-refractivity contribution in [3.8, 4) is 0 Å². The highest BCUT2D eigenvalue weighted by molar-refractivity contribution is 5.94. The molecule has 1 saturated carbocycles. The van der Waals surface area contributed by atoms with Gasteiger partial charge in [-0.1, -0.05) is 6.42 Å². The van der Waals surface area contributed by atoms with E-state index >= 15 is 0 Å². The summed E-state index contributed by atoms with van der Waals surface area (Å²) in [5.74, 6) is -0.151. The lowest BCUT2D eigenvalue weighted by atomic mass is 9.76. The number of nitrogens with one attached hydrogen (secondary N) is 1. The van der Waals surface area contributed by atoms with Gasteiger partial charge in [-0.2, -0.15) is 0 Å². The van der Waals surface area contributed by atoms with Crippen molar-refractivity contribution >= 4 is 5.91 Å². The van der Waals surface area contributed by atoms with Gasteiger partial charge in [-0.15, -0.1) is 0 Å². The van der Waals surface area contributed by atoms with Crippen molar-refractivity contribution in [3.63, 3.8) is 0 Å². The lowest BCUT2D eigenvalue weighted by molar-refractivity contribution is -0.0295. The van der Waals surface area contributed by atoms with Gasteiger partial charge in [0.15, 0.2) is 0 Å². The number of aromatic nitrogens is 1. The van der Waals surface area contributed by atoms with E-state index in [1.54, 1.807) is 19.2 Å². The van der Waals surface area contributed by atoms with Crippen LogP contribution in [0.3, 0.4) is 0 Å².